The number of thiazole rings is 1. The number of benzene rings is 2. The van der Waals surface area contributed by atoms with Crippen LogP contribution in [0.15, 0.2) is 30.3 Å². The minimum atomic E-state index is -0.543. The van der Waals surface area contributed by atoms with Gasteiger partial charge in [-0.25, -0.2) is 4.98 Å². The van der Waals surface area contributed by atoms with Crippen LogP contribution in [0, 0.1) is 10.1 Å². The molecule has 0 spiro atoms. The van der Waals surface area contributed by atoms with E-state index >= 15 is 0 Å². The number of nitrogens with zero attached hydrogens (tertiary/aromatic N) is 4. The molecule has 0 bridgehead atoms. The third-order valence-corrected chi connectivity index (χ3v) is 6.60. The molecule has 0 atom stereocenters. The maximum absolute atomic E-state index is 12.9. The van der Waals surface area contributed by atoms with Crippen LogP contribution in [0.25, 0.3) is 10.2 Å². The number of hydrogen-bond acceptors (Lipinski definition) is 7. The van der Waals surface area contributed by atoms with Gasteiger partial charge in [-0.3, -0.25) is 14.9 Å². The summed E-state index contributed by atoms with van der Waals surface area (Å²) in [4.78, 5) is 31.7. The van der Waals surface area contributed by atoms with Crippen molar-refractivity contribution in [3.05, 3.63) is 56.1 Å². The smallest absolute Gasteiger partial charge is 0.270 e. The SMILES string of the molecule is COc1c(Cl)ccc2sc(N3CCN(C(=O)c4cc([N+](=O)[O-])ccc4Cl)CC3)nc12. The normalized spacial score (nSPS) is 14.2. The molecule has 156 valence electrons. The molecule has 0 aliphatic carbocycles. The van der Waals surface area contributed by atoms with E-state index in [0.29, 0.717) is 42.5 Å². The number of halogens is 2. The Balaban J connectivity index is 1.50. The second-order valence-corrected chi connectivity index (χ2v) is 8.45. The number of amides is 1. The first-order valence-electron chi connectivity index (χ1n) is 9.00. The summed E-state index contributed by atoms with van der Waals surface area (Å²) in [5, 5.41) is 12.5. The Kier molecular flexibility index (Phi) is 5.68. The highest BCUT2D eigenvalue weighted by molar-refractivity contribution is 7.22. The number of ether oxygens (including phenoxy) is 1. The summed E-state index contributed by atoms with van der Waals surface area (Å²) in [7, 11) is 1.56. The van der Waals surface area contributed by atoms with Crippen LogP contribution in [0.1, 0.15) is 10.4 Å². The summed E-state index contributed by atoms with van der Waals surface area (Å²) >= 11 is 13.8. The number of non-ortho nitro benzene ring substituents is 1. The molecule has 1 aliphatic heterocycles. The molecule has 0 saturated carbocycles. The Bertz CT molecular complexity index is 1150. The highest BCUT2D eigenvalue weighted by atomic mass is 35.5. The van der Waals surface area contributed by atoms with Crippen molar-refractivity contribution in [3.63, 3.8) is 0 Å². The van der Waals surface area contributed by atoms with E-state index in [2.05, 4.69) is 9.88 Å². The maximum atomic E-state index is 12.9. The first kappa shape index (κ1) is 20.6. The van der Waals surface area contributed by atoms with E-state index in [1.807, 2.05) is 6.07 Å². The predicted octanol–water partition coefficient (Wildman–Crippen LogP) is 4.48. The number of rotatable bonds is 4. The van der Waals surface area contributed by atoms with Gasteiger partial charge in [0.05, 0.1) is 32.3 Å². The molecular weight excluding hydrogens is 451 g/mol. The van der Waals surface area contributed by atoms with Crippen LogP contribution in [0.5, 0.6) is 5.75 Å². The lowest BCUT2D eigenvalue weighted by molar-refractivity contribution is -0.384. The minimum absolute atomic E-state index is 0.138. The summed E-state index contributed by atoms with van der Waals surface area (Å²) in [6.07, 6.45) is 0. The predicted molar refractivity (Wildman–Crippen MR) is 117 cm³/mol. The van der Waals surface area contributed by atoms with Crippen molar-refractivity contribution in [1.29, 1.82) is 0 Å². The molecule has 1 fully saturated rings. The van der Waals surface area contributed by atoms with Crippen LogP contribution < -0.4 is 9.64 Å². The van der Waals surface area contributed by atoms with E-state index in [9.17, 15) is 14.9 Å². The van der Waals surface area contributed by atoms with Gasteiger partial charge in [0.1, 0.15) is 5.52 Å². The molecule has 11 heteroatoms. The van der Waals surface area contributed by atoms with E-state index in [0.717, 1.165) is 9.83 Å². The van der Waals surface area contributed by atoms with Gasteiger partial charge in [0, 0.05) is 38.3 Å². The average Bonchev–Trinajstić information content (AvgIpc) is 3.18. The number of nitro benzene ring substituents is 1. The van der Waals surface area contributed by atoms with Crippen LogP contribution in [0.2, 0.25) is 10.0 Å². The summed E-state index contributed by atoms with van der Waals surface area (Å²) in [5.74, 6) is 0.229. The van der Waals surface area contributed by atoms with Crippen molar-refractivity contribution in [2.24, 2.45) is 0 Å². The Morgan fingerprint density at radius 2 is 1.87 bits per heavy atom. The molecule has 8 nitrogen and oxygen atoms in total. The zero-order chi connectivity index (χ0) is 21.4. The molecule has 2 heterocycles. The number of anilines is 1. The van der Waals surface area contributed by atoms with Gasteiger partial charge in [0.25, 0.3) is 11.6 Å². The van der Waals surface area contributed by atoms with Gasteiger partial charge >= 0.3 is 0 Å². The van der Waals surface area contributed by atoms with E-state index in [1.165, 1.54) is 29.5 Å². The Hall–Kier alpha value is -2.62. The number of piperazine rings is 1. The van der Waals surface area contributed by atoms with Crippen molar-refractivity contribution in [1.82, 2.24) is 9.88 Å². The molecule has 1 saturated heterocycles. The number of methoxy groups -OCH3 is 1. The summed E-state index contributed by atoms with van der Waals surface area (Å²) in [5.41, 5.74) is 0.689. The van der Waals surface area contributed by atoms with Crippen LogP contribution in [0.4, 0.5) is 10.8 Å². The Morgan fingerprint density at radius 3 is 2.53 bits per heavy atom. The molecule has 30 heavy (non-hydrogen) atoms. The molecular formula is C19H16Cl2N4O4S. The van der Waals surface area contributed by atoms with Crippen LogP contribution in [-0.4, -0.2) is 54.0 Å². The van der Waals surface area contributed by atoms with Crippen LogP contribution >= 0.6 is 34.5 Å². The van der Waals surface area contributed by atoms with Gasteiger partial charge in [-0.15, -0.1) is 0 Å². The number of hydrogen-bond donors (Lipinski definition) is 0. The van der Waals surface area contributed by atoms with Crippen molar-refractivity contribution in [2.45, 2.75) is 0 Å². The topological polar surface area (TPSA) is 88.8 Å². The number of carbonyl (C=O) groups is 1. The molecule has 0 unspecified atom stereocenters. The quantitative estimate of drug-likeness (QED) is 0.415. The summed E-state index contributed by atoms with van der Waals surface area (Å²) in [6.45, 7) is 2.06. The van der Waals surface area contributed by atoms with E-state index in [-0.39, 0.29) is 22.2 Å². The van der Waals surface area contributed by atoms with Gasteiger partial charge in [0.2, 0.25) is 0 Å². The van der Waals surface area contributed by atoms with Crippen LogP contribution in [-0.2, 0) is 0 Å². The third kappa shape index (κ3) is 3.76. The van der Waals surface area contributed by atoms with Gasteiger partial charge in [-0.05, 0) is 18.2 Å². The van der Waals surface area contributed by atoms with Crippen molar-refractivity contribution in [2.75, 3.05) is 38.2 Å². The van der Waals surface area contributed by atoms with Gasteiger partial charge in [-0.1, -0.05) is 34.5 Å². The fourth-order valence-electron chi connectivity index (χ4n) is 3.32. The average molecular weight is 467 g/mol. The Morgan fingerprint density at radius 1 is 1.17 bits per heavy atom. The van der Waals surface area contributed by atoms with E-state index in [1.54, 1.807) is 18.1 Å². The Labute approximate surface area is 185 Å². The lowest BCUT2D eigenvalue weighted by Gasteiger charge is -2.34. The fourth-order valence-corrected chi connectivity index (χ4v) is 4.77. The zero-order valence-corrected chi connectivity index (χ0v) is 18.1. The molecule has 0 radical (unpaired) electrons. The second kappa shape index (κ2) is 8.25. The van der Waals surface area contributed by atoms with Gasteiger partial charge < -0.3 is 14.5 Å². The highest BCUT2D eigenvalue weighted by Gasteiger charge is 2.27. The molecule has 1 aromatic heterocycles. The molecule has 4 rings (SSSR count). The van der Waals surface area contributed by atoms with Gasteiger partial charge in [-0.2, -0.15) is 0 Å². The van der Waals surface area contributed by atoms with Crippen LogP contribution in [0.3, 0.4) is 0 Å². The first-order chi connectivity index (χ1) is 14.4. The molecule has 1 amide bonds. The monoisotopic (exact) mass is 466 g/mol. The number of nitro groups is 1. The molecule has 1 aliphatic rings. The van der Waals surface area contributed by atoms with E-state index < -0.39 is 4.92 Å². The standard InChI is InChI=1S/C19H16Cl2N4O4S/c1-29-17-14(21)4-5-15-16(17)22-19(30-15)24-8-6-23(7-9-24)18(26)12-10-11(25(27)28)2-3-13(12)20/h2-5,10H,6-9H2,1H3. The number of fused-ring (bicyclic) bond motifs is 1. The minimum Gasteiger partial charge on any atom is -0.493 e. The summed E-state index contributed by atoms with van der Waals surface area (Å²) in [6, 6.07) is 7.57. The first-order valence-corrected chi connectivity index (χ1v) is 10.6. The fraction of sp³-hybridized carbons (Fsp3) is 0.263. The number of carbonyl (C=O) groups excluding carboxylic acids is 1. The summed E-state index contributed by atoms with van der Waals surface area (Å²) < 4.78 is 6.34. The lowest BCUT2D eigenvalue weighted by Crippen LogP contribution is -2.48. The van der Waals surface area contributed by atoms with Gasteiger partial charge in [0.15, 0.2) is 10.9 Å². The number of aromatic nitrogens is 1. The van der Waals surface area contributed by atoms with E-state index in [4.69, 9.17) is 27.9 Å². The molecule has 3 aromatic rings. The molecule has 2 aromatic carbocycles. The van der Waals surface area contributed by atoms with Crippen molar-refractivity contribution >= 4 is 61.5 Å². The highest BCUT2D eigenvalue weighted by Crippen LogP contribution is 2.38. The van der Waals surface area contributed by atoms with Crippen molar-refractivity contribution < 1.29 is 14.5 Å². The second-order valence-electron chi connectivity index (χ2n) is 6.62. The maximum Gasteiger partial charge on any atom is 0.270 e. The lowest BCUT2D eigenvalue weighted by atomic mass is 10.1. The van der Waals surface area contributed by atoms with Crippen molar-refractivity contribution in [3.8, 4) is 5.75 Å². The molecule has 0 N–H and O–H groups in total. The third-order valence-electron chi connectivity index (χ3n) is 4.89. The zero-order valence-electron chi connectivity index (χ0n) is 15.8. The largest absolute Gasteiger partial charge is 0.493 e.